The molecule has 148 valence electrons. The molecule has 0 spiro atoms. The van der Waals surface area contributed by atoms with E-state index >= 15 is 0 Å². The zero-order valence-electron chi connectivity index (χ0n) is 15.4. The third-order valence-electron chi connectivity index (χ3n) is 5.70. The Morgan fingerprint density at radius 2 is 1.72 bits per heavy atom. The van der Waals surface area contributed by atoms with E-state index in [1.807, 2.05) is 30.3 Å². The Morgan fingerprint density at radius 3 is 2.55 bits per heavy atom. The second kappa shape index (κ2) is 7.00. The molecule has 2 aromatic carbocycles. The number of benzene rings is 2. The number of hydrogen-bond donors (Lipinski definition) is 0. The minimum atomic E-state index is -0.576. The van der Waals surface area contributed by atoms with Crippen molar-refractivity contribution in [3.63, 3.8) is 0 Å². The van der Waals surface area contributed by atoms with Gasteiger partial charge in [0.05, 0.1) is 36.2 Å². The first-order chi connectivity index (χ1) is 14.1. The quantitative estimate of drug-likeness (QED) is 0.569. The van der Waals surface area contributed by atoms with Crippen molar-refractivity contribution >= 4 is 17.9 Å². The molecular formula is C22H18O7. The van der Waals surface area contributed by atoms with Gasteiger partial charge in [0.15, 0.2) is 0 Å². The van der Waals surface area contributed by atoms with Gasteiger partial charge in [0, 0.05) is 5.92 Å². The molecule has 0 amide bonds. The largest absolute Gasteiger partial charge is 0.462 e. The summed E-state index contributed by atoms with van der Waals surface area (Å²) in [5.74, 6) is -1.53. The standard InChI is InChI=1S/C22H18O7/c23-20(12-5-4-8-15(9-12)27-14-6-2-1-3-7-14)26-11-13-10-16-17-18(19(13)28-16)22(25)29-21(17)24/h1-9,13,16-19H,10-11H2/t13-,16+,17+,18+,19-/m1/s1. The molecule has 7 nitrogen and oxygen atoms in total. The minimum Gasteiger partial charge on any atom is -0.462 e. The van der Waals surface area contributed by atoms with Crippen LogP contribution in [-0.2, 0) is 23.8 Å². The van der Waals surface area contributed by atoms with Crippen LogP contribution in [0.5, 0.6) is 11.5 Å². The van der Waals surface area contributed by atoms with Gasteiger partial charge in [-0.25, -0.2) is 4.79 Å². The van der Waals surface area contributed by atoms with E-state index in [0.29, 0.717) is 23.5 Å². The van der Waals surface area contributed by atoms with Crippen molar-refractivity contribution in [2.45, 2.75) is 18.6 Å². The minimum absolute atomic E-state index is 0.120. The van der Waals surface area contributed by atoms with E-state index in [2.05, 4.69) is 0 Å². The first-order valence-electron chi connectivity index (χ1n) is 9.51. The highest BCUT2D eigenvalue weighted by atomic mass is 16.6. The fourth-order valence-corrected chi connectivity index (χ4v) is 4.40. The number of carbonyl (C=O) groups excluding carboxylic acids is 3. The maximum Gasteiger partial charge on any atom is 0.338 e. The Kier molecular flexibility index (Phi) is 4.32. The van der Waals surface area contributed by atoms with Crippen LogP contribution in [-0.4, -0.2) is 36.7 Å². The predicted octanol–water partition coefficient (Wildman–Crippen LogP) is 2.74. The molecular weight excluding hydrogens is 376 g/mol. The van der Waals surface area contributed by atoms with E-state index in [1.165, 1.54) is 0 Å². The highest BCUT2D eigenvalue weighted by Gasteiger charge is 2.64. The lowest BCUT2D eigenvalue weighted by molar-refractivity contribution is -0.156. The summed E-state index contributed by atoms with van der Waals surface area (Å²) in [7, 11) is 0. The Labute approximate surface area is 166 Å². The van der Waals surface area contributed by atoms with E-state index < -0.39 is 35.8 Å². The van der Waals surface area contributed by atoms with Crippen LogP contribution >= 0.6 is 0 Å². The van der Waals surface area contributed by atoms with Crippen molar-refractivity contribution in [2.24, 2.45) is 17.8 Å². The van der Waals surface area contributed by atoms with E-state index in [0.717, 1.165) is 0 Å². The number of carbonyl (C=O) groups is 3. The Morgan fingerprint density at radius 1 is 0.966 bits per heavy atom. The van der Waals surface area contributed by atoms with Gasteiger partial charge in [-0.3, -0.25) is 9.59 Å². The lowest BCUT2D eigenvalue weighted by Crippen LogP contribution is -2.37. The Bertz CT molecular complexity index is 970. The lowest BCUT2D eigenvalue weighted by Gasteiger charge is -2.23. The van der Waals surface area contributed by atoms with Crippen LogP contribution < -0.4 is 4.74 Å². The van der Waals surface area contributed by atoms with E-state index in [1.54, 1.807) is 24.3 Å². The first-order valence-corrected chi connectivity index (χ1v) is 9.51. The zero-order valence-corrected chi connectivity index (χ0v) is 15.4. The van der Waals surface area contributed by atoms with Crippen LogP contribution in [0, 0.1) is 17.8 Å². The van der Waals surface area contributed by atoms with Crippen LogP contribution in [0.3, 0.4) is 0 Å². The van der Waals surface area contributed by atoms with Crippen LogP contribution in [0.25, 0.3) is 0 Å². The fraction of sp³-hybridized carbons (Fsp3) is 0.318. The molecule has 5 rings (SSSR count). The molecule has 3 aliphatic heterocycles. The second-order valence-electron chi connectivity index (χ2n) is 7.47. The molecule has 3 aliphatic rings. The zero-order chi connectivity index (χ0) is 20.0. The van der Waals surface area contributed by atoms with Gasteiger partial charge in [0.1, 0.15) is 11.5 Å². The van der Waals surface area contributed by atoms with Gasteiger partial charge in [0.2, 0.25) is 0 Å². The van der Waals surface area contributed by atoms with Gasteiger partial charge in [-0.05, 0) is 36.8 Å². The molecule has 29 heavy (non-hydrogen) atoms. The van der Waals surface area contributed by atoms with Crippen molar-refractivity contribution in [1.29, 1.82) is 0 Å². The summed E-state index contributed by atoms with van der Waals surface area (Å²) in [5.41, 5.74) is 0.371. The third kappa shape index (κ3) is 3.17. The summed E-state index contributed by atoms with van der Waals surface area (Å²) in [4.78, 5) is 36.2. The Hall–Kier alpha value is -3.19. The van der Waals surface area contributed by atoms with Gasteiger partial charge in [-0.2, -0.15) is 0 Å². The van der Waals surface area contributed by atoms with Crippen molar-refractivity contribution in [3.05, 3.63) is 60.2 Å². The van der Waals surface area contributed by atoms with Gasteiger partial charge < -0.3 is 18.9 Å². The molecule has 0 radical (unpaired) electrons. The molecule has 3 fully saturated rings. The van der Waals surface area contributed by atoms with Gasteiger partial charge >= 0.3 is 17.9 Å². The molecule has 0 N–H and O–H groups in total. The average Bonchev–Trinajstić information content (AvgIpc) is 3.39. The summed E-state index contributed by atoms with van der Waals surface area (Å²) in [6.45, 7) is 0.120. The van der Waals surface area contributed by atoms with E-state index in [9.17, 15) is 14.4 Å². The van der Waals surface area contributed by atoms with Crippen molar-refractivity contribution in [3.8, 4) is 11.5 Å². The first kappa shape index (κ1) is 17.9. The maximum atomic E-state index is 12.5. The summed E-state index contributed by atoms with van der Waals surface area (Å²) in [5, 5.41) is 0. The lowest BCUT2D eigenvalue weighted by atomic mass is 9.75. The van der Waals surface area contributed by atoms with E-state index in [4.69, 9.17) is 18.9 Å². The van der Waals surface area contributed by atoms with Gasteiger partial charge in [-0.15, -0.1) is 0 Å². The molecule has 0 aliphatic carbocycles. The highest BCUT2D eigenvalue weighted by molar-refractivity contribution is 5.98. The summed E-state index contributed by atoms with van der Waals surface area (Å²) in [6.07, 6.45) is -0.210. The summed E-state index contributed by atoms with van der Waals surface area (Å²) >= 11 is 0. The smallest absolute Gasteiger partial charge is 0.338 e. The number of para-hydroxylation sites is 1. The molecule has 0 unspecified atom stereocenters. The number of fused-ring (bicyclic) bond motifs is 5. The number of esters is 3. The van der Waals surface area contributed by atoms with E-state index in [-0.39, 0.29) is 18.6 Å². The maximum absolute atomic E-state index is 12.5. The van der Waals surface area contributed by atoms with Gasteiger partial charge in [-0.1, -0.05) is 24.3 Å². The topological polar surface area (TPSA) is 88.1 Å². The summed E-state index contributed by atoms with van der Waals surface area (Å²) < 4.78 is 21.7. The molecule has 7 heteroatoms. The SMILES string of the molecule is O=C(OC[C@H]1C[C@@H]2O[C@H]1[C@H]1C(=O)OC(=O)[C@H]12)c1cccc(Oc2ccccc2)c1. The molecule has 0 saturated carbocycles. The normalized spacial score (nSPS) is 29.4. The van der Waals surface area contributed by atoms with Gasteiger partial charge in [0.25, 0.3) is 0 Å². The van der Waals surface area contributed by atoms with Crippen molar-refractivity contribution < 1.29 is 33.3 Å². The molecule has 3 saturated heterocycles. The van der Waals surface area contributed by atoms with Crippen molar-refractivity contribution in [2.75, 3.05) is 6.61 Å². The average molecular weight is 394 g/mol. The third-order valence-corrected chi connectivity index (χ3v) is 5.70. The predicted molar refractivity (Wildman–Crippen MR) is 98.1 cm³/mol. The highest BCUT2D eigenvalue weighted by Crippen LogP contribution is 2.50. The monoisotopic (exact) mass is 394 g/mol. The molecule has 2 bridgehead atoms. The molecule has 5 atom stereocenters. The molecule has 2 aromatic rings. The van der Waals surface area contributed by atoms with Crippen LogP contribution in [0.15, 0.2) is 54.6 Å². The molecule has 3 heterocycles. The van der Waals surface area contributed by atoms with Crippen LogP contribution in [0.2, 0.25) is 0 Å². The van der Waals surface area contributed by atoms with Crippen molar-refractivity contribution in [1.82, 2.24) is 0 Å². The molecule has 0 aromatic heterocycles. The van der Waals surface area contributed by atoms with Crippen LogP contribution in [0.4, 0.5) is 0 Å². The Balaban J connectivity index is 1.21. The number of cyclic esters (lactones) is 2. The number of ether oxygens (including phenoxy) is 4. The van der Waals surface area contributed by atoms with Crippen LogP contribution in [0.1, 0.15) is 16.8 Å². The number of rotatable bonds is 5. The summed E-state index contributed by atoms with van der Waals surface area (Å²) in [6, 6.07) is 16.0. The fourth-order valence-electron chi connectivity index (χ4n) is 4.40. The second-order valence-corrected chi connectivity index (χ2v) is 7.47. The number of hydrogen-bond acceptors (Lipinski definition) is 7.